The summed E-state index contributed by atoms with van der Waals surface area (Å²) in [5.74, 6) is -0.467. The molecule has 0 aromatic carbocycles. The van der Waals surface area contributed by atoms with Crippen molar-refractivity contribution < 1.29 is 14.3 Å². The van der Waals surface area contributed by atoms with Crippen LogP contribution in [0.3, 0.4) is 0 Å². The van der Waals surface area contributed by atoms with E-state index in [2.05, 4.69) is 0 Å². The zero-order valence-corrected chi connectivity index (χ0v) is 5.14. The third-order valence-corrected chi connectivity index (χ3v) is 1.13. The highest BCUT2D eigenvalue weighted by Gasteiger charge is 2.05. The van der Waals surface area contributed by atoms with Crippen LogP contribution in [0.15, 0.2) is 18.3 Å². The number of rotatable bonds is 0. The number of hydrogen-bond donors (Lipinski definition) is 1. The molecule has 48 valence electrons. The van der Waals surface area contributed by atoms with Crippen molar-refractivity contribution in [3.8, 4) is 0 Å². The van der Waals surface area contributed by atoms with Crippen LogP contribution in [0, 0.1) is 5.82 Å². The second kappa shape index (κ2) is 2.19. The zero-order chi connectivity index (χ0) is 6.85. The van der Waals surface area contributed by atoms with Gasteiger partial charge < -0.3 is 0 Å². The second-order valence-electron chi connectivity index (χ2n) is 1.51. The maximum atomic E-state index is 12.1. The highest BCUT2D eigenvalue weighted by Crippen LogP contribution is 2.01. The summed E-state index contributed by atoms with van der Waals surface area (Å²) >= 11 is 5.29. The molecule has 0 saturated carbocycles. The van der Waals surface area contributed by atoms with Crippen LogP contribution in [0.1, 0.15) is 0 Å². The summed E-state index contributed by atoms with van der Waals surface area (Å²) in [5, 5.41) is 8.62. The molecule has 1 heterocycles. The molecular weight excluding hydrogens is 145 g/mol. The average Bonchev–Trinajstić information content (AvgIpc) is 1.80. The molecule has 0 unspecified atom stereocenters. The van der Waals surface area contributed by atoms with Gasteiger partial charge in [0.25, 0.3) is 0 Å². The summed E-state index contributed by atoms with van der Waals surface area (Å²) in [6, 6.07) is 2.12. The first-order valence-corrected chi connectivity index (χ1v) is 2.64. The van der Waals surface area contributed by atoms with E-state index in [4.69, 9.17) is 16.8 Å². The lowest BCUT2D eigenvalue weighted by Gasteiger charge is -1.84. The van der Waals surface area contributed by atoms with Crippen molar-refractivity contribution in [2.45, 2.75) is 0 Å². The Balaban J connectivity index is 3.17. The molecule has 2 nitrogen and oxygen atoms in total. The van der Waals surface area contributed by atoms with Crippen LogP contribution in [0.5, 0.6) is 0 Å². The first-order chi connectivity index (χ1) is 4.20. The molecule has 4 heteroatoms. The molecule has 0 atom stereocenters. The monoisotopic (exact) mass is 148 g/mol. The van der Waals surface area contributed by atoms with E-state index in [0.29, 0.717) is 4.73 Å². The second-order valence-corrected chi connectivity index (χ2v) is 1.90. The van der Waals surface area contributed by atoms with Crippen molar-refractivity contribution in [1.82, 2.24) is 0 Å². The molecule has 0 saturated heterocycles. The Bertz CT molecular complexity index is 228. The quantitative estimate of drug-likeness (QED) is 0.331. The molecule has 1 rings (SSSR count). The number of nitrogens with zero attached hydrogens (tertiary/aromatic N) is 1. The van der Waals surface area contributed by atoms with Crippen LogP contribution < -0.4 is 4.73 Å². The van der Waals surface area contributed by atoms with Gasteiger partial charge >= 0.3 is 5.15 Å². The highest BCUT2D eigenvalue weighted by atomic mass is 35.5. The van der Waals surface area contributed by atoms with Gasteiger partial charge in [0.05, 0.1) is 6.07 Å². The molecule has 1 aromatic rings. The number of hydrogen-bond acceptors (Lipinski definition) is 1. The first-order valence-electron chi connectivity index (χ1n) is 2.26. The van der Waals surface area contributed by atoms with Gasteiger partial charge in [0, 0.05) is 10.8 Å². The summed E-state index contributed by atoms with van der Waals surface area (Å²) in [6.45, 7) is 0. The molecule has 1 aromatic heterocycles. The van der Waals surface area contributed by atoms with E-state index in [1.807, 2.05) is 0 Å². The van der Waals surface area contributed by atoms with E-state index in [0.717, 1.165) is 18.3 Å². The lowest BCUT2D eigenvalue weighted by Crippen LogP contribution is -2.30. The molecule has 0 aliphatic carbocycles. The number of pyridine rings is 1. The summed E-state index contributed by atoms with van der Waals surface area (Å²) in [5.41, 5.74) is 0. The molecule has 0 aliphatic rings. The van der Waals surface area contributed by atoms with E-state index in [-0.39, 0.29) is 5.15 Å². The van der Waals surface area contributed by atoms with E-state index in [9.17, 15) is 4.39 Å². The molecule has 0 fully saturated rings. The Morgan fingerprint density at radius 2 is 2.33 bits per heavy atom. The fourth-order valence-electron chi connectivity index (χ4n) is 0.441. The van der Waals surface area contributed by atoms with Crippen LogP contribution in [0.2, 0.25) is 5.15 Å². The van der Waals surface area contributed by atoms with Gasteiger partial charge in [-0.15, -0.1) is 0 Å². The number of aromatic nitrogens is 1. The average molecular weight is 149 g/mol. The first kappa shape index (κ1) is 6.29. The minimum absolute atomic E-state index is 0.0463. The van der Waals surface area contributed by atoms with Crippen LogP contribution in [-0.2, 0) is 0 Å². The van der Waals surface area contributed by atoms with Crippen molar-refractivity contribution in [1.29, 1.82) is 0 Å². The van der Waals surface area contributed by atoms with Crippen LogP contribution in [0.4, 0.5) is 4.39 Å². The Labute approximate surface area is 56.1 Å². The van der Waals surface area contributed by atoms with Crippen LogP contribution >= 0.6 is 11.6 Å². The van der Waals surface area contributed by atoms with Crippen molar-refractivity contribution in [2.24, 2.45) is 0 Å². The van der Waals surface area contributed by atoms with Crippen molar-refractivity contribution >= 4 is 11.6 Å². The molecular formula is C5H4ClFNO+. The third kappa shape index (κ3) is 1.29. The number of halogens is 2. The van der Waals surface area contributed by atoms with Gasteiger partial charge in [-0.3, -0.25) is 5.21 Å². The Morgan fingerprint density at radius 1 is 1.67 bits per heavy atom. The molecule has 1 N–H and O–H groups in total. The predicted molar refractivity (Wildman–Crippen MR) is 28.8 cm³/mol. The molecule has 0 amide bonds. The van der Waals surface area contributed by atoms with Gasteiger partial charge in [-0.1, -0.05) is 0 Å². The Morgan fingerprint density at radius 3 is 2.78 bits per heavy atom. The smallest absolute Gasteiger partial charge is 0.284 e. The summed E-state index contributed by atoms with van der Waals surface area (Å²) in [6.07, 6.45) is 1.12. The van der Waals surface area contributed by atoms with Gasteiger partial charge in [-0.2, -0.15) is 0 Å². The van der Waals surface area contributed by atoms with Gasteiger partial charge in [0.2, 0.25) is 6.20 Å². The van der Waals surface area contributed by atoms with Crippen LogP contribution in [0.25, 0.3) is 0 Å². The standard InChI is InChI=1S/C5H4ClFNO/c6-5-3-4(7)1-2-8(5)9/h1-3,9H/q+1. The molecule has 0 aliphatic heterocycles. The summed E-state index contributed by atoms with van der Waals surface area (Å²) in [7, 11) is 0. The van der Waals surface area contributed by atoms with E-state index in [1.165, 1.54) is 0 Å². The third-order valence-electron chi connectivity index (χ3n) is 0.851. The molecule has 0 bridgehead atoms. The Kier molecular flexibility index (Phi) is 1.53. The summed E-state index contributed by atoms with van der Waals surface area (Å²) < 4.78 is 12.8. The van der Waals surface area contributed by atoms with Gasteiger partial charge in [-0.25, -0.2) is 4.39 Å². The van der Waals surface area contributed by atoms with Gasteiger partial charge in [0.15, 0.2) is 0 Å². The van der Waals surface area contributed by atoms with E-state index < -0.39 is 5.82 Å². The molecule has 0 radical (unpaired) electrons. The lowest BCUT2D eigenvalue weighted by atomic mass is 10.5. The van der Waals surface area contributed by atoms with Gasteiger partial charge in [-0.05, 0) is 11.6 Å². The minimum atomic E-state index is -0.467. The van der Waals surface area contributed by atoms with Crippen molar-refractivity contribution in [2.75, 3.05) is 0 Å². The van der Waals surface area contributed by atoms with E-state index in [1.54, 1.807) is 0 Å². The predicted octanol–water partition coefficient (Wildman–Crippen LogP) is 1.00. The molecule has 9 heavy (non-hydrogen) atoms. The largest absolute Gasteiger partial charge is 0.327 e. The van der Waals surface area contributed by atoms with Crippen LogP contribution in [-0.4, -0.2) is 5.21 Å². The van der Waals surface area contributed by atoms with E-state index >= 15 is 0 Å². The minimum Gasteiger partial charge on any atom is -0.284 e. The SMILES string of the molecule is O[n+]1ccc(F)cc1Cl. The molecule has 0 spiro atoms. The van der Waals surface area contributed by atoms with Crippen molar-refractivity contribution in [3.63, 3.8) is 0 Å². The lowest BCUT2D eigenvalue weighted by molar-refractivity contribution is -0.903. The zero-order valence-electron chi connectivity index (χ0n) is 4.38. The van der Waals surface area contributed by atoms with Crippen molar-refractivity contribution in [3.05, 3.63) is 29.3 Å². The fourth-order valence-corrected chi connectivity index (χ4v) is 0.602. The maximum Gasteiger partial charge on any atom is 0.327 e. The summed E-state index contributed by atoms with van der Waals surface area (Å²) in [4.78, 5) is 0. The highest BCUT2D eigenvalue weighted by molar-refractivity contribution is 6.28. The van der Waals surface area contributed by atoms with Gasteiger partial charge in [0.1, 0.15) is 5.82 Å². The Hall–Kier alpha value is -0.830. The normalized spacial score (nSPS) is 9.56. The maximum absolute atomic E-state index is 12.1. The fraction of sp³-hybridized carbons (Fsp3) is 0. The topological polar surface area (TPSA) is 24.1 Å².